The van der Waals surface area contributed by atoms with E-state index in [1.165, 1.54) is 0 Å². The highest BCUT2D eigenvalue weighted by molar-refractivity contribution is 6.43. The van der Waals surface area contributed by atoms with Gasteiger partial charge in [-0.1, -0.05) is 35.3 Å². The molecule has 2 aromatic rings. The minimum absolute atomic E-state index is 0.395. The van der Waals surface area contributed by atoms with Gasteiger partial charge >= 0.3 is 0 Å². The van der Waals surface area contributed by atoms with Crippen LogP contribution in [0, 0.1) is 11.8 Å². The van der Waals surface area contributed by atoms with Gasteiger partial charge in [-0.05, 0) is 30.7 Å². The van der Waals surface area contributed by atoms with Crippen LogP contribution in [0.1, 0.15) is 24.5 Å². The molecule has 22 heavy (non-hydrogen) atoms. The summed E-state index contributed by atoms with van der Waals surface area (Å²) in [4.78, 5) is 9.05. The second-order valence-electron chi connectivity index (χ2n) is 6.20. The molecule has 0 saturated heterocycles. The zero-order chi connectivity index (χ0) is 15.4. The number of nitrogen functional groups attached to an aromatic ring is 1. The van der Waals surface area contributed by atoms with Gasteiger partial charge in [0.1, 0.15) is 11.5 Å². The van der Waals surface area contributed by atoms with Crippen molar-refractivity contribution in [2.75, 3.05) is 5.73 Å². The van der Waals surface area contributed by atoms with E-state index in [2.05, 4.69) is 9.97 Å². The van der Waals surface area contributed by atoms with Crippen molar-refractivity contribution in [3.63, 3.8) is 0 Å². The number of fused-ring (bicyclic) bond motifs is 1. The minimum atomic E-state index is 0.395. The molecular formula is C16H16Cl2N4. The highest BCUT2D eigenvalue weighted by Crippen LogP contribution is 2.56. The molecular weight excluding hydrogens is 319 g/mol. The SMILES string of the molecule is Nc1nc(C2CC3C(N)C3C2)cnc1-c1cccc(Cl)c1Cl. The molecule has 0 amide bonds. The van der Waals surface area contributed by atoms with Crippen LogP contribution in [-0.4, -0.2) is 16.0 Å². The number of anilines is 1. The summed E-state index contributed by atoms with van der Waals surface area (Å²) in [5.41, 5.74) is 14.3. The van der Waals surface area contributed by atoms with E-state index < -0.39 is 0 Å². The van der Waals surface area contributed by atoms with Crippen LogP contribution in [0.25, 0.3) is 11.3 Å². The van der Waals surface area contributed by atoms with Crippen molar-refractivity contribution >= 4 is 29.0 Å². The van der Waals surface area contributed by atoms with Crippen LogP contribution >= 0.6 is 23.2 Å². The van der Waals surface area contributed by atoms with Crippen LogP contribution in [0.3, 0.4) is 0 Å². The van der Waals surface area contributed by atoms with Gasteiger partial charge in [-0.15, -0.1) is 0 Å². The summed E-state index contributed by atoms with van der Waals surface area (Å²) in [7, 11) is 0. The predicted octanol–water partition coefficient (Wildman–Crippen LogP) is 3.48. The summed E-state index contributed by atoms with van der Waals surface area (Å²) in [5.74, 6) is 2.14. The summed E-state index contributed by atoms with van der Waals surface area (Å²) in [6.45, 7) is 0. The standard InChI is InChI=1S/C16H16Cl2N4/c17-11-3-1-2-8(13(11)18)15-16(20)22-12(6-21-15)7-4-9-10(5-7)14(9)19/h1-3,6-7,9-10,14H,4-5,19H2,(H2,20,22). The van der Waals surface area contributed by atoms with Crippen molar-refractivity contribution in [1.82, 2.24) is 9.97 Å². The average Bonchev–Trinajstić information content (AvgIpc) is 2.93. The van der Waals surface area contributed by atoms with Crippen LogP contribution in [0.15, 0.2) is 24.4 Å². The van der Waals surface area contributed by atoms with Gasteiger partial charge in [-0.3, -0.25) is 4.98 Å². The fraction of sp³-hybridized carbons (Fsp3) is 0.375. The first-order valence-electron chi connectivity index (χ1n) is 7.38. The smallest absolute Gasteiger partial charge is 0.150 e. The zero-order valence-corrected chi connectivity index (χ0v) is 13.3. The van der Waals surface area contributed by atoms with E-state index in [1.807, 2.05) is 18.3 Å². The lowest BCUT2D eigenvalue weighted by Crippen LogP contribution is -2.12. The summed E-state index contributed by atoms with van der Waals surface area (Å²) >= 11 is 12.3. The third-order valence-corrected chi connectivity index (χ3v) is 5.77. The number of halogens is 2. The topological polar surface area (TPSA) is 77.8 Å². The molecule has 2 aliphatic rings. The Morgan fingerprint density at radius 3 is 2.55 bits per heavy atom. The summed E-state index contributed by atoms with van der Waals surface area (Å²) < 4.78 is 0. The van der Waals surface area contributed by atoms with Crippen molar-refractivity contribution < 1.29 is 0 Å². The molecule has 2 fully saturated rings. The number of hydrogen-bond donors (Lipinski definition) is 2. The van der Waals surface area contributed by atoms with Gasteiger partial charge in [0.2, 0.25) is 0 Å². The van der Waals surface area contributed by atoms with Crippen molar-refractivity contribution in [2.24, 2.45) is 17.6 Å². The number of nitrogens with zero attached hydrogens (tertiary/aromatic N) is 2. The van der Waals surface area contributed by atoms with Gasteiger partial charge < -0.3 is 11.5 Å². The molecule has 2 atom stereocenters. The zero-order valence-electron chi connectivity index (χ0n) is 11.8. The lowest BCUT2D eigenvalue weighted by Gasteiger charge is -2.14. The predicted molar refractivity (Wildman–Crippen MR) is 88.8 cm³/mol. The maximum absolute atomic E-state index is 6.24. The second kappa shape index (κ2) is 5.08. The maximum atomic E-state index is 6.24. The monoisotopic (exact) mass is 334 g/mol. The van der Waals surface area contributed by atoms with Crippen LogP contribution in [-0.2, 0) is 0 Å². The molecule has 0 aliphatic heterocycles. The molecule has 2 aliphatic carbocycles. The first kappa shape index (κ1) is 14.2. The first-order valence-corrected chi connectivity index (χ1v) is 8.14. The van der Waals surface area contributed by atoms with Gasteiger partial charge in [-0.2, -0.15) is 0 Å². The van der Waals surface area contributed by atoms with Crippen LogP contribution in [0.2, 0.25) is 10.0 Å². The molecule has 1 aromatic carbocycles. The van der Waals surface area contributed by atoms with Crippen LogP contribution in [0.5, 0.6) is 0 Å². The van der Waals surface area contributed by atoms with Crippen molar-refractivity contribution in [1.29, 1.82) is 0 Å². The first-order chi connectivity index (χ1) is 10.6. The quantitative estimate of drug-likeness (QED) is 0.881. The molecule has 2 saturated carbocycles. The lowest BCUT2D eigenvalue weighted by atomic mass is 9.99. The number of benzene rings is 1. The largest absolute Gasteiger partial charge is 0.382 e. The summed E-state index contributed by atoms with van der Waals surface area (Å²) in [6, 6.07) is 5.80. The molecule has 4 rings (SSSR count). The number of nitrogens with two attached hydrogens (primary N) is 2. The second-order valence-corrected chi connectivity index (χ2v) is 6.99. The maximum Gasteiger partial charge on any atom is 0.150 e. The molecule has 0 radical (unpaired) electrons. The fourth-order valence-electron chi connectivity index (χ4n) is 3.64. The molecule has 114 valence electrons. The molecule has 1 aromatic heterocycles. The van der Waals surface area contributed by atoms with E-state index in [4.69, 9.17) is 34.7 Å². The Hall–Kier alpha value is -1.36. The Balaban J connectivity index is 1.65. The van der Waals surface area contributed by atoms with E-state index in [-0.39, 0.29) is 0 Å². The summed E-state index contributed by atoms with van der Waals surface area (Å²) in [6.07, 6.45) is 4.00. The molecule has 1 heterocycles. The fourth-order valence-corrected chi connectivity index (χ4v) is 4.03. The Morgan fingerprint density at radius 1 is 1.14 bits per heavy atom. The van der Waals surface area contributed by atoms with Crippen LogP contribution < -0.4 is 11.5 Å². The highest BCUT2D eigenvalue weighted by atomic mass is 35.5. The Bertz CT molecular complexity index is 737. The molecule has 4 N–H and O–H groups in total. The molecule has 2 unspecified atom stereocenters. The minimum Gasteiger partial charge on any atom is -0.382 e. The third kappa shape index (κ3) is 2.18. The van der Waals surface area contributed by atoms with E-state index in [1.54, 1.807) is 6.07 Å². The van der Waals surface area contributed by atoms with Crippen molar-refractivity contribution in [3.8, 4) is 11.3 Å². The number of hydrogen-bond acceptors (Lipinski definition) is 4. The third-order valence-electron chi connectivity index (χ3n) is 4.95. The van der Waals surface area contributed by atoms with E-state index >= 15 is 0 Å². The van der Waals surface area contributed by atoms with E-state index in [0.29, 0.717) is 50.9 Å². The van der Waals surface area contributed by atoms with Gasteiger partial charge in [0, 0.05) is 23.7 Å². The van der Waals surface area contributed by atoms with Crippen molar-refractivity contribution in [3.05, 3.63) is 40.1 Å². The van der Waals surface area contributed by atoms with Crippen LogP contribution in [0.4, 0.5) is 5.82 Å². The Labute approximate surface area is 138 Å². The number of rotatable bonds is 2. The molecule has 0 bridgehead atoms. The van der Waals surface area contributed by atoms with E-state index in [0.717, 1.165) is 18.5 Å². The Kier molecular flexibility index (Phi) is 3.29. The van der Waals surface area contributed by atoms with E-state index in [9.17, 15) is 0 Å². The van der Waals surface area contributed by atoms with Gasteiger partial charge in [0.05, 0.1) is 15.7 Å². The molecule has 6 heteroatoms. The van der Waals surface area contributed by atoms with Gasteiger partial charge in [0.15, 0.2) is 0 Å². The molecule has 4 nitrogen and oxygen atoms in total. The van der Waals surface area contributed by atoms with Gasteiger partial charge in [0.25, 0.3) is 0 Å². The molecule has 0 spiro atoms. The van der Waals surface area contributed by atoms with Crippen molar-refractivity contribution in [2.45, 2.75) is 24.8 Å². The highest BCUT2D eigenvalue weighted by Gasteiger charge is 2.54. The average molecular weight is 335 g/mol. The Morgan fingerprint density at radius 2 is 1.86 bits per heavy atom. The number of aromatic nitrogens is 2. The summed E-state index contributed by atoms with van der Waals surface area (Å²) in [5, 5.41) is 0.931. The normalized spacial score (nSPS) is 29.4. The van der Waals surface area contributed by atoms with Gasteiger partial charge in [-0.25, -0.2) is 4.98 Å². The lowest BCUT2D eigenvalue weighted by molar-refractivity contribution is 0.575.